The van der Waals surface area contributed by atoms with Gasteiger partial charge in [-0.15, -0.1) is 0 Å². The van der Waals surface area contributed by atoms with Gasteiger partial charge in [0.1, 0.15) is 18.1 Å². The van der Waals surface area contributed by atoms with E-state index in [0.29, 0.717) is 18.6 Å². The predicted octanol–water partition coefficient (Wildman–Crippen LogP) is -3.03. The molecular formula is C18H35N7O6S2. The van der Waals surface area contributed by atoms with E-state index in [1.54, 1.807) is 0 Å². The van der Waals surface area contributed by atoms with Gasteiger partial charge in [0.05, 0.1) is 12.1 Å². The fourth-order valence-electron chi connectivity index (χ4n) is 2.53. The minimum absolute atomic E-state index is 0.117. The molecule has 0 aromatic carbocycles. The largest absolute Gasteiger partial charge is 0.480 e. The molecule has 5 unspecified atom stereocenters. The number of guanidine groups is 1. The summed E-state index contributed by atoms with van der Waals surface area (Å²) in [6.07, 6.45) is 1.35. The summed E-state index contributed by atoms with van der Waals surface area (Å²) < 4.78 is 0. The van der Waals surface area contributed by atoms with E-state index < -0.39 is 54.0 Å². The first-order chi connectivity index (χ1) is 15.4. The number of nitrogens with two attached hydrogens (primary N) is 3. The van der Waals surface area contributed by atoms with Gasteiger partial charge in [-0.05, 0) is 38.2 Å². The number of aliphatic carboxylic acids is 1. The van der Waals surface area contributed by atoms with Gasteiger partial charge in [-0.1, -0.05) is 0 Å². The van der Waals surface area contributed by atoms with Crippen LogP contribution in [0.2, 0.25) is 0 Å². The molecule has 0 saturated heterocycles. The van der Waals surface area contributed by atoms with Crippen molar-refractivity contribution in [3.63, 3.8) is 0 Å². The first kappa shape index (κ1) is 30.8. The highest BCUT2D eigenvalue weighted by molar-refractivity contribution is 7.98. The summed E-state index contributed by atoms with van der Waals surface area (Å²) in [5, 5.41) is 26.2. The summed E-state index contributed by atoms with van der Waals surface area (Å²) in [5.41, 5.74) is 16.4. The smallest absolute Gasteiger partial charge is 0.327 e. The molecule has 0 aliphatic carbocycles. The number of amides is 3. The number of carbonyl (C=O) groups excluding carboxylic acids is 3. The SMILES string of the molecule is CSCCC(N)C(=O)NC(CCCN=C(N)N)C(=O)NC(C(=O)NC(CS)C(=O)O)C(C)O. The first-order valence-corrected chi connectivity index (χ1v) is 12.2. The minimum atomic E-state index is -1.47. The molecule has 0 saturated carbocycles. The van der Waals surface area contributed by atoms with E-state index in [-0.39, 0.29) is 24.7 Å². The van der Waals surface area contributed by atoms with Crippen LogP contribution in [0.5, 0.6) is 0 Å². The van der Waals surface area contributed by atoms with E-state index in [1.807, 2.05) is 6.26 Å². The van der Waals surface area contributed by atoms with Crippen LogP contribution in [0.3, 0.4) is 0 Å². The lowest BCUT2D eigenvalue weighted by atomic mass is 10.1. The number of carboxylic acid groups (broad SMARTS) is 1. The second-order valence-electron chi connectivity index (χ2n) is 7.21. The van der Waals surface area contributed by atoms with Crippen LogP contribution in [0.1, 0.15) is 26.2 Å². The Kier molecular flexibility index (Phi) is 15.3. The molecule has 190 valence electrons. The number of aliphatic hydroxyl groups is 1. The molecular weight excluding hydrogens is 474 g/mol. The highest BCUT2D eigenvalue weighted by Gasteiger charge is 2.32. The highest BCUT2D eigenvalue weighted by atomic mass is 32.2. The van der Waals surface area contributed by atoms with Crippen LogP contribution in [0.4, 0.5) is 0 Å². The van der Waals surface area contributed by atoms with Gasteiger partial charge in [-0.2, -0.15) is 24.4 Å². The normalized spacial score (nSPS) is 15.3. The maximum Gasteiger partial charge on any atom is 0.327 e. The summed E-state index contributed by atoms with van der Waals surface area (Å²) in [4.78, 5) is 52.7. The Morgan fingerprint density at radius 3 is 2.12 bits per heavy atom. The lowest BCUT2D eigenvalue weighted by molar-refractivity contribution is -0.142. The monoisotopic (exact) mass is 509 g/mol. The molecule has 0 heterocycles. The Labute approximate surface area is 202 Å². The van der Waals surface area contributed by atoms with Crippen LogP contribution in [-0.4, -0.2) is 94.4 Å². The maximum absolute atomic E-state index is 12.9. The molecule has 11 N–H and O–H groups in total. The molecule has 0 aliphatic rings. The van der Waals surface area contributed by atoms with Crippen LogP contribution in [0.25, 0.3) is 0 Å². The summed E-state index contributed by atoms with van der Waals surface area (Å²) in [6.45, 7) is 1.45. The van der Waals surface area contributed by atoms with Crippen molar-refractivity contribution in [3.8, 4) is 0 Å². The Morgan fingerprint density at radius 2 is 1.64 bits per heavy atom. The number of thioether (sulfide) groups is 1. The van der Waals surface area contributed by atoms with Crippen molar-refractivity contribution in [3.05, 3.63) is 0 Å². The number of hydrogen-bond donors (Lipinski definition) is 9. The lowest BCUT2D eigenvalue weighted by Crippen LogP contribution is -2.60. The van der Waals surface area contributed by atoms with Gasteiger partial charge in [-0.3, -0.25) is 19.4 Å². The minimum Gasteiger partial charge on any atom is -0.480 e. The highest BCUT2D eigenvalue weighted by Crippen LogP contribution is 2.05. The first-order valence-electron chi connectivity index (χ1n) is 10.2. The Bertz CT molecular complexity index is 691. The topological polar surface area (TPSA) is 235 Å². The summed E-state index contributed by atoms with van der Waals surface area (Å²) >= 11 is 5.38. The van der Waals surface area contributed by atoms with Crippen LogP contribution in [-0.2, 0) is 19.2 Å². The number of carboxylic acids is 1. The number of rotatable bonds is 16. The van der Waals surface area contributed by atoms with Crippen LogP contribution in [0, 0.1) is 0 Å². The third-order valence-corrected chi connectivity index (χ3v) is 5.42. The quantitative estimate of drug-likeness (QED) is 0.0441. The van der Waals surface area contributed by atoms with E-state index in [9.17, 15) is 24.3 Å². The molecule has 0 aromatic heterocycles. The number of hydrogen-bond acceptors (Lipinski definition) is 9. The molecule has 0 rings (SSSR count). The van der Waals surface area contributed by atoms with Crippen LogP contribution < -0.4 is 33.2 Å². The van der Waals surface area contributed by atoms with Gasteiger partial charge in [0.15, 0.2) is 5.96 Å². The fraction of sp³-hybridized carbons (Fsp3) is 0.722. The Hall–Kier alpha value is -2.23. The standard InChI is InChI=1S/C18H35N7O6S2/c1-9(26)13(16(29)24-12(8-32)17(30)31)25-15(28)11(4-3-6-22-18(20)21)23-14(27)10(19)5-7-33-2/h9-13,26,32H,3-8,19H2,1-2H3,(H,23,27)(H,24,29)(H,25,28)(H,30,31)(H4,20,21,22). The predicted molar refractivity (Wildman–Crippen MR) is 130 cm³/mol. The average molecular weight is 510 g/mol. The van der Waals surface area contributed by atoms with Gasteiger partial charge in [0.2, 0.25) is 17.7 Å². The van der Waals surface area contributed by atoms with Gasteiger partial charge in [0.25, 0.3) is 0 Å². The number of aliphatic imine (C=N–C) groups is 1. The van der Waals surface area contributed by atoms with Crippen molar-refractivity contribution in [2.24, 2.45) is 22.2 Å². The number of carbonyl (C=O) groups is 4. The molecule has 0 spiro atoms. The summed E-state index contributed by atoms with van der Waals surface area (Å²) in [5.74, 6) is -3.22. The molecule has 3 amide bonds. The van der Waals surface area contributed by atoms with Crippen LogP contribution in [0.15, 0.2) is 4.99 Å². The van der Waals surface area contributed by atoms with E-state index in [0.717, 1.165) is 0 Å². The number of nitrogens with one attached hydrogen (secondary N) is 3. The zero-order valence-electron chi connectivity index (χ0n) is 18.7. The van der Waals surface area contributed by atoms with Crippen molar-refractivity contribution in [2.75, 3.05) is 24.3 Å². The summed E-state index contributed by atoms with van der Waals surface area (Å²) in [7, 11) is 0. The number of aliphatic hydroxyl groups excluding tert-OH is 1. The van der Waals surface area contributed by atoms with Crippen LogP contribution >= 0.6 is 24.4 Å². The summed E-state index contributed by atoms with van der Waals surface area (Å²) in [6, 6.07) is -4.72. The zero-order valence-corrected chi connectivity index (χ0v) is 20.4. The van der Waals surface area contributed by atoms with E-state index in [4.69, 9.17) is 22.3 Å². The lowest BCUT2D eigenvalue weighted by Gasteiger charge is -2.26. The van der Waals surface area contributed by atoms with Gasteiger partial charge >= 0.3 is 5.97 Å². The molecule has 5 atom stereocenters. The van der Waals surface area contributed by atoms with Crippen molar-refractivity contribution in [1.29, 1.82) is 0 Å². The van der Waals surface area contributed by atoms with E-state index in [1.165, 1.54) is 18.7 Å². The van der Waals surface area contributed by atoms with E-state index >= 15 is 0 Å². The molecule has 0 bridgehead atoms. The van der Waals surface area contributed by atoms with Gasteiger partial charge in [0, 0.05) is 12.3 Å². The van der Waals surface area contributed by atoms with Crippen molar-refractivity contribution in [1.82, 2.24) is 16.0 Å². The van der Waals surface area contributed by atoms with E-state index in [2.05, 4.69) is 33.6 Å². The molecule has 0 fully saturated rings. The Morgan fingerprint density at radius 1 is 1.03 bits per heavy atom. The molecule has 0 aliphatic heterocycles. The number of nitrogens with zero attached hydrogens (tertiary/aromatic N) is 1. The molecule has 33 heavy (non-hydrogen) atoms. The van der Waals surface area contributed by atoms with Gasteiger partial charge in [-0.25, -0.2) is 4.79 Å². The Balaban J connectivity index is 5.40. The van der Waals surface area contributed by atoms with Crippen molar-refractivity contribution in [2.45, 2.75) is 56.5 Å². The molecule has 0 radical (unpaired) electrons. The molecule has 13 nitrogen and oxygen atoms in total. The van der Waals surface area contributed by atoms with Gasteiger partial charge < -0.3 is 43.4 Å². The number of thiol groups is 1. The molecule has 0 aromatic rings. The van der Waals surface area contributed by atoms with Crippen molar-refractivity contribution >= 4 is 54.0 Å². The van der Waals surface area contributed by atoms with Crippen molar-refractivity contribution < 1.29 is 29.4 Å². The third kappa shape index (κ3) is 12.6. The fourth-order valence-corrected chi connectivity index (χ4v) is 3.27. The average Bonchev–Trinajstić information content (AvgIpc) is 2.74. The molecule has 15 heteroatoms. The second-order valence-corrected chi connectivity index (χ2v) is 8.56. The maximum atomic E-state index is 12.9. The zero-order chi connectivity index (χ0) is 25.6. The second kappa shape index (κ2) is 16.4. The third-order valence-electron chi connectivity index (χ3n) is 4.41.